The van der Waals surface area contributed by atoms with E-state index in [2.05, 4.69) is 20.8 Å². The van der Waals surface area contributed by atoms with Crippen LogP contribution in [0.5, 0.6) is 0 Å². The fourth-order valence-electron chi connectivity index (χ4n) is 3.71. The molecule has 0 radical (unpaired) electrons. The first-order chi connectivity index (χ1) is 11.9. The Morgan fingerprint density at radius 3 is 2.80 bits per heavy atom. The van der Waals surface area contributed by atoms with E-state index in [1.165, 1.54) is 10.5 Å². The lowest BCUT2D eigenvalue weighted by atomic mass is 9.92. The molecule has 1 saturated heterocycles. The fourth-order valence-corrected chi connectivity index (χ4v) is 3.71. The lowest BCUT2D eigenvalue weighted by Gasteiger charge is -2.23. The molecule has 3 heterocycles. The zero-order valence-electron chi connectivity index (χ0n) is 13.4. The third-order valence-electron chi connectivity index (χ3n) is 5.33. The number of nitrogens with zero attached hydrogens (tertiary/aromatic N) is 3. The van der Waals surface area contributed by atoms with Crippen LogP contribution in [0, 0.1) is 11.3 Å². The topological polar surface area (TPSA) is 71.3 Å². The molecule has 1 aliphatic heterocycles. The molecule has 1 atom stereocenters. The van der Waals surface area contributed by atoms with E-state index in [0.29, 0.717) is 5.65 Å². The van der Waals surface area contributed by atoms with Gasteiger partial charge in [-0.3, -0.25) is 9.20 Å². The predicted molar refractivity (Wildman–Crippen MR) is 82.5 cm³/mol. The lowest BCUT2D eigenvalue weighted by Crippen LogP contribution is -2.33. The number of halogens is 3. The van der Waals surface area contributed by atoms with Crippen LogP contribution in [0.15, 0.2) is 18.3 Å². The Morgan fingerprint density at radius 2 is 2.08 bits per heavy atom. The summed E-state index contributed by atoms with van der Waals surface area (Å²) in [5.41, 5.74) is -0.340. The molecule has 4 rings (SSSR count). The number of carbonyl (C=O) groups is 1. The van der Waals surface area contributed by atoms with Crippen molar-refractivity contribution in [3.05, 3.63) is 29.7 Å². The monoisotopic (exact) mass is 353 g/mol. The van der Waals surface area contributed by atoms with Crippen LogP contribution in [0.1, 0.15) is 30.7 Å². The van der Waals surface area contributed by atoms with Gasteiger partial charge in [0.1, 0.15) is 0 Å². The maximum Gasteiger partial charge on any atom is 0.417 e. The van der Waals surface area contributed by atoms with Crippen LogP contribution < -0.4 is 10.6 Å². The number of rotatable bonds is 3. The molecule has 0 bridgehead atoms. The minimum absolute atomic E-state index is 0.000443. The Balaban J connectivity index is 1.45. The van der Waals surface area contributed by atoms with E-state index in [4.69, 9.17) is 0 Å². The number of aromatic nitrogens is 3. The van der Waals surface area contributed by atoms with Gasteiger partial charge in [-0.25, -0.2) is 0 Å². The number of amides is 1. The molecule has 25 heavy (non-hydrogen) atoms. The summed E-state index contributed by atoms with van der Waals surface area (Å²) in [7, 11) is 0. The number of alkyl halides is 3. The van der Waals surface area contributed by atoms with E-state index >= 15 is 0 Å². The summed E-state index contributed by atoms with van der Waals surface area (Å²) in [6.45, 7) is 1.92. The number of fused-ring (bicyclic) bond motifs is 1. The number of carbonyl (C=O) groups excluding carboxylic acids is 1. The standard InChI is InChI=1S/C16H18F3N5O/c17-16(18,19)10-1-2-12-22-23-13(24(12)9-10)8-21-14(25)11-7-15(11)3-5-20-6-4-15/h1-2,9,11,20H,3-8H2,(H,21,25). The molecule has 6 nitrogen and oxygen atoms in total. The minimum atomic E-state index is -4.44. The molecular formula is C16H18F3N5O. The zero-order chi connectivity index (χ0) is 17.7. The molecule has 1 saturated carbocycles. The molecule has 134 valence electrons. The normalized spacial score (nSPS) is 22.3. The molecule has 1 aliphatic carbocycles. The van der Waals surface area contributed by atoms with Crippen molar-refractivity contribution < 1.29 is 18.0 Å². The van der Waals surface area contributed by atoms with Crippen LogP contribution in [0.4, 0.5) is 13.2 Å². The second-order valence-corrected chi connectivity index (χ2v) is 6.85. The van der Waals surface area contributed by atoms with Gasteiger partial charge in [0.2, 0.25) is 5.91 Å². The van der Waals surface area contributed by atoms with Crippen molar-refractivity contribution >= 4 is 11.6 Å². The van der Waals surface area contributed by atoms with Crippen LogP contribution in [0.2, 0.25) is 0 Å². The highest BCUT2D eigenvalue weighted by molar-refractivity contribution is 5.82. The summed E-state index contributed by atoms with van der Waals surface area (Å²) < 4.78 is 39.8. The van der Waals surface area contributed by atoms with Crippen molar-refractivity contribution in [2.75, 3.05) is 13.1 Å². The molecule has 1 unspecified atom stereocenters. The Labute approximate surface area is 141 Å². The van der Waals surface area contributed by atoms with E-state index in [1.807, 2.05) is 0 Å². The SMILES string of the molecule is O=C(NCc1nnc2ccc(C(F)(F)F)cn12)C1CC12CCNCC2. The summed E-state index contributed by atoms with van der Waals surface area (Å²) >= 11 is 0. The molecule has 2 aromatic rings. The van der Waals surface area contributed by atoms with Gasteiger partial charge in [0.15, 0.2) is 11.5 Å². The van der Waals surface area contributed by atoms with Gasteiger partial charge in [0.25, 0.3) is 0 Å². The zero-order valence-corrected chi connectivity index (χ0v) is 13.4. The summed E-state index contributed by atoms with van der Waals surface area (Å²) in [6, 6.07) is 2.24. The maximum absolute atomic E-state index is 12.9. The fraction of sp³-hybridized carbons (Fsp3) is 0.562. The van der Waals surface area contributed by atoms with E-state index in [9.17, 15) is 18.0 Å². The van der Waals surface area contributed by atoms with Gasteiger partial charge in [0.05, 0.1) is 12.1 Å². The van der Waals surface area contributed by atoms with E-state index < -0.39 is 11.7 Å². The molecular weight excluding hydrogens is 335 g/mol. The molecule has 2 fully saturated rings. The summed E-state index contributed by atoms with van der Waals surface area (Å²) in [4.78, 5) is 12.4. The molecule has 1 spiro atoms. The average molecular weight is 353 g/mol. The Morgan fingerprint density at radius 1 is 1.32 bits per heavy atom. The van der Waals surface area contributed by atoms with Gasteiger partial charge in [-0.2, -0.15) is 13.2 Å². The van der Waals surface area contributed by atoms with Crippen LogP contribution in [-0.4, -0.2) is 33.6 Å². The maximum atomic E-state index is 12.9. The number of nitrogens with one attached hydrogen (secondary N) is 2. The van der Waals surface area contributed by atoms with Gasteiger partial charge in [-0.1, -0.05) is 0 Å². The molecule has 9 heteroatoms. The van der Waals surface area contributed by atoms with Crippen LogP contribution >= 0.6 is 0 Å². The molecule has 2 aromatic heterocycles. The van der Waals surface area contributed by atoms with Crippen LogP contribution in [-0.2, 0) is 17.5 Å². The number of pyridine rings is 1. The van der Waals surface area contributed by atoms with Gasteiger partial charge in [-0.05, 0) is 49.9 Å². The van der Waals surface area contributed by atoms with Gasteiger partial charge < -0.3 is 10.6 Å². The Hall–Kier alpha value is -2.16. The van der Waals surface area contributed by atoms with Crippen LogP contribution in [0.3, 0.4) is 0 Å². The number of hydrogen-bond donors (Lipinski definition) is 2. The van der Waals surface area contributed by atoms with Crippen molar-refractivity contribution in [2.45, 2.75) is 32.0 Å². The molecule has 1 amide bonds. The Kier molecular flexibility index (Phi) is 3.71. The van der Waals surface area contributed by atoms with Gasteiger partial charge in [-0.15, -0.1) is 10.2 Å². The average Bonchev–Trinajstić information content (AvgIpc) is 3.11. The largest absolute Gasteiger partial charge is 0.417 e. The highest BCUT2D eigenvalue weighted by Crippen LogP contribution is 2.58. The highest BCUT2D eigenvalue weighted by atomic mass is 19.4. The molecule has 0 aromatic carbocycles. The van der Waals surface area contributed by atoms with Gasteiger partial charge in [0, 0.05) is 12.1 Å². The summed E-state index contributed by atoms with van der Waals surface area (Å²) in [5.74, 6) is 0.236. The third kappa shape index (κ3) is 2.97. The van der Waals surface area contributed by atoms with Crippen LogP contribution in [0.25, 0.3) is 5.65 Å². The predicted octanol–water partition coefficient (Wildman–Crippen LogP) is 1.75. The quantitative estimate of drug-likeness (QED) is 0.882. The van der Waals surface area contributed by atoms with E-state index in [1.54, 1.807) is 0 Å². The lowest BCUT2D eigenvalue weighted by molar-refractivity contribution is -0.137. The van der Waals surface area contributed by atoms with E-state index in [0.717, 1.165) is 44.6 Å². The van der Waals surface area contributed by atoms with E-state index in [-0.39, 0.29) is 29.6 Å². The molecule has 2 N–H and O–H groups in total. The number of hydrogen-bond acceptors (Lipinski definition) is 4. The second-order valence-electron chi connectivity index (χ2n) is 6.85. The second kappa shape index (κ2) is 5.69. The van der Waals surface area contributed by atoms with Crippen molar-refractivity contribution in [2.24, 2.45) is 11.3 Å². The Bertz CT molecular complexity index is 810. The first kappa shape index (κ1) is 16.3. The summed E-state index contributed by atoms with van der Waals surface area (Å²) in [5, 5.41) is 13.8. The highest BCUT2D eigenvalue weighted by Gasteiger charge is 2.57. The number of piperidine rings is 1. The smallest absolute Gasteiger partial charge is 0.349 e. The third-order valence-corrected chi connectivity index (χ3v) is 5.33. The van der Waals surface area contributed by atoms with Crippen molar-refractivity contribution in [3.63, 3.8) is 0 Å². The van der Waals surface area contributed by atoms with Crippen molar-refractivity contribution in [1.29, 1.82) is 0 Å². The van der Waals surface area contributed by atoms with Crippen molar-refractivity contribution in [3.8, 4) is 0 Å². The minimum Gasteiger partial charge on any atom is -0.349 e. The summed E-state index contributed by atoms with van der Waals surface area (Å²) in [6.07, 6.45) is -0.599. The van der Waals surface area contributed by atoms with Gasteiger partial charge >= 0.3 is 6.18 Å². The van der Waals surface area contributed by atoms with Crippen molar-refractivity contribution in [1.82, 2.24) is 25.2 Å². The molecule has 2 aliphatic rings. The first-order valence-electron chi connectivity index (χ1n) is 8.28. The first-order valence-corrected chi connectivity index (χ1v) is 8.28.